The fourth-order valence-corrected chi connectivity index (χ4v) is 4.21. The molecule has 0 radical (unpaired) electrons. The van der Waals surface area contributed by atoms with Crippen LogP contribution >= 0.6 is 0 Å². The molecule has 242 valence electrons. The van der Waals surface area contributed by atoms with Crippen molar-refractivity contribution in [3.63, 3.8) is 0 Å². The summed E-state index contributed by atoms with van der Waals surface area (Å²) in [5.41, 5.74) is 5.96. The van der Waals surface area contributed by atoms with E-state index in [4.69, 9.17) is 23.7 Å². The summed E-state index contributed by atoms with van der Waals surface area (Å²) in [5, 5.41) is 10.7. The Labute approximate surface area is 269 Å². The fraction of sp³-hybridized carbons (Fsp3) is 0.270. The van der Waals surface area contributed by atoms with Gasteiger partial charge in [0, 0.05) is 27.8 Å². The van der Waals surface area contributed by atoms with Crippen molar-refractivity contribution in [2.45, 2.75) is 40.4 Å². The van der Waals surface area contributed by atoms with Crippen molar-refractivity contribution in [2.75, 3.05) is 26.4 Å². The van der Waals surface area contributed by atoms with Gasteiger partial charge in [0.2, 0.25) is 0 Å². The second-order valence-electron chi connectivity index (χ2n) is 10.6. The lowest BCUT2D eigenvalue weighted by atomic mass is 9.93. The van der Waals surface area contributed by atoms with Gasteiger partial charge in [-0.05, 0) is 67.6 Å². The predicted octanol–water partition coefficient (Wildman–Crippen LogP) is 6.69. The molecule has 9 nitrogen and oxygen atoms in total. The molecular weight excluding hydrogens is 588 g/mol. The maximum absolute atomic E-state index is 11.9. The van der Waals surface area contributed by atoms with Gasteiger partial charge in [-0.3, -0.25) is 0 Å². The Kier molecular flexibility index (Phi) is 13.0. The minimum Gasteiger partial charge on any atom is -0.489 e. The number of esters is 3. The molecule has 0 aromatic heterocycles. The van der Waals surface area contributed by atoms with Gasteiger partial charge in [0.15, 0.2) is 6.29 Å². The van der Waals surface area contributed by atoms with Crippen LogP contribution in [0.3, 0.4) is 0 Å². The summed E-state index contributed by atoms with van der Waals surface area (Å²) in [6.07, 6.45) is -0.573. The molecule has 1 unspecified atom stereocenters. The first-order valence-electron chi connectivity index (χ1n) is 14.7. The quantitative estimate of drug-likeness (QED) is 0.0609. The average molecular weight is 629 g/mol. The molecule has 1 atom stereocenters. The molecule has 0 saturated carbocycles. The Balaban J connectivity index is 1.86. The van der Waals surface area contributed by atoms with E-state index in [1.165, 1.54) is 0 Å². The third-order valence-electron chi connectivity index (χ3n) is 6.68. The molecule has 3 aromatic carbocycles. The highest BCUT2D eigenvalue weighted by molar-refractivity contribution is 5.89. The number of aryl methyl sites for hydroxylation is 1. The maximum atomic E-state index is 11.9. The van der Waals surface area contributed by atoms with Crippen LogP contribution in [0.15, 0.2) is 97.1 Å². The van der Waals surface area contributed by atoms with Crippen molar-refractivity contribution >= 4 is 17.9 Å². The average Bonchev–Trinajstić information content (AvgIpc) is 3.04. The standard InChI is InChI=1S/C37H40O9/c1-8-26-21-28(11-15-31(26)27-9-13-30(14-10-27)46-36(40)25(6)7)32-16-12-29(37(41)45-20-19-44-35(39)24(4)5)22-33(32)42-17-18-43-34(38)23(2)3/h9-16,21-22,37,41H,2,4,6,8,17-20H2,1,3,5,7H3. The summed E-state index contributed by atoms with van der Waals surface area (Å²) < 4.78 is 27.0. The van der Waals surface area contributed by atoms with Crippen molar-refractivity contribution in [1.82, 2.24) is 0 Å². The Morgan fingerprint density at radius 1 is 0.696 bits per heavy atom. The Morgan fingerprint density at radius 2 is 1.26 bits per heavy atom. The highest BCUT2D eigenvalue weighted by Gasteiger charge is 2.16. The number of hydrogen-bond donors (Lipinski definition) is 1. The van der Waals surface area contributed by atoms with E-state index in [1.54, 1.807) is 45.0 Å². The van der Waals surface area contributed by atoms with Crippen LogP contribution in [0.1, 0.15) is 45.1 Å². The zero-order valence-electron chi connectivity index (χ0n) is 26.7. The number of benzene rings is 3. The lowest BCUT2D eigenvalue weighted by molar-refractivity contribution is -0.147. The van der Waals surface area contributed by atoms with Crippen molar-refractivity contribution in [3.8, 4) is 33.8 Å². The van der Waals surface area contributed by atoms with E-state index >= 15 is 0 Å². The Hall–Kier alpha value is -4.99. The van der Waals surface area contributed by atoms with Gasteiger partial charge in [0.05, 0.1) is 6.61 Å². The Morgan fingerprint density at radius 3 is 1.85 bits per heavy atom. The van der Waals surface area contributed by atoms with E-state index in [-0.39, 0.29) is 37.6 Å². The summed E-state index contributed by atoms with van der Waals surface area (Å²) >= 11 is 0. The van der Waals surface area contributed by atoms with Crippen LogP contribution < -0.4 is 9.47 Å². The van der Waals surface area contributed by atoms with Crippen molar-refractivity contribution in [1.29, 1.82) is 0 Å². The number of carbonyl (C=O) groups excluding carboxylic acids is 3. The molecule has 3 rings (SSSR count). The molecular formula is C37H40O9. The van der Waals surface area contributed by atoms with E-state index in [0.29, 0.717) is 22.6 Å². The third kappa shape index (κ3) is 10.0. The zero-order chi connectivity index (χ0) is 33.8. The topological polar surface area (TPSA) is 118 Å². The Bertz CT molecular complexity index is 1600. The van der Waals surface area contributed by atoms with Crippen LogP contribution in [-0.4, -0.2) is 49.4 Å². The molecule has 0 aliphatic heterocycles. The first-order chi connectivity index (χ1) is 21.9. The number of aliphatic hydroxyl groups is 1. The molecule has 0 spiro atoms. The molecule has 0 saturated heterocycles. The van der Waals surface area contributed by atoms with Gasteiger partial charge in [0.1, 0.15) is 31.3 Å². The van der Waals surface area contributed by atoms with Gasteiger partial charge in [-0.2, -0.15) is 0 Å². The number of carbonyl (C=O) groups is 3. The van der Waals surface area contributed by atoms with E-state index < -0.39 is 24.2 Å². The van der Waals surface area contributed by atoms with E-state index in [9.17, 15) is 19.5 Å². The van der Waals surface area contributed by atoms with E-state index in [2.05, 4.69) is 32.7 Å². The summed E-state index contributed by atoms with van der Waals surface area (Å²) in [6.45, 7) is 17.5. The lowest BCUT2D eigenvalue weighted by Crippen LogP contribution is -2.14. The molecule has 0 fully saturated rings. The second-order valence-corrected chi connectivity index (χ2v) is 10.6. The largest absolute Gasteiger partial charge is 0.489 e. The zero-order valence-corrected chi connectivity index (χ0v) is 26.7. The highest BCUT2D eigenvalue weighted by Crippen LogP contribution is 2.36. The minimum atomic E-state index is -1.31. The molecule has 0 amide bonds. The van der Waals surface area contributed by atoms with Gasteiger partial charge >= 0.3 is 17.9 Å². The summed E-state index contributed by atoms with van der Waals surface area (Å²) in [4.78, 5) is 35.3. The minimum absolute atomic E-state index is 0.000670. The molecule has 1 N–H and O–H groups in total. The molecule has 46 heavy (non-hydrogen) atoms. The maximum Gasteiger partial charge on any atom is 0.338 e. The molecule has 3 aromatic rings. The van der Waals surface area contributed by atoms with Gasteiger partial charge in [-0.25, -0.2) is 14.4 Å². The van der Waals surface area contributed by atoms with Crippen LogP contribution in [0.5, 0.6) is 11.5 Å². The first-order valence-corrected chi connectivity index (χ1v) is 14.7. The van der Waals surface area contributed by atoms with E-state index in [1.807, 2.05) is 30.3 Å². The van der Waals surface area contributed by atoms with Crippen molar-refractivity contribution < 1.29 is 43.2 Å². The highest BCUT2D eigenvalue weighted by atomic mass is 16.6. The molecule has 0 heterocycles. The number of rotatable bonds is 16. The SMILES string of the molecule is C=C(C)C(=O)OCCOc1cc(C(O)OCCOC(=O)C(=C)C)ccc1-c1ccc(-c2ccc(OC(=O)C(=C)C)cc2)c(CC)c1. The number of aliphatic hydroxyl groups excluding tert-OH is 1. The van der Waals surface area contributed by atoms with Crippen LogP contribution in [0.4, 0.5) is 0 Å². The first kappa shape index (κ1) is 35.5. The normalized spacial score (nSPS) is 11.2. The smallest absolute Gasteiger partial charge is 0.338 e. The van der Waals surface area contributed by atoms with Crippen LogP contribution in [0.25, 0.3) is 22.3 Å². The monoisotopic (exact) mass is 628 g/mol. The van der Waals surface area contributed by atoms with Crippen molar-refractivity contribution in [2.24, 2.45) is 0 Å². The number of ether oxygens (including phenoxy) is 5. The molecule has 0 bridgehead atoms. The number of hydrogen-bond acceptors (Lipinski definition) is 9. The van der Waals surface area contributed by atoms with E-state index in [0.717, 1.165) is 34.2 Å². The third-order valence-corrected chi connectivity index (χ3v) is 6.68. The van der Waals surface area contributed by atoms with Gasteiger partial charge in [0.25, 0.3) is 0 Å². The lowest BCUT2D eigenvalue weighted by Gasteiger charge is -2.18. The van der Waals surface area contributed by atoms with Gasteiger partial charge in [-0.1, -0.05) is 69.1 Å². The van der Waals surface area contributed by atoms with Gasteiger partial charge < -0.3 is 28.8 Å². The summed E-state index contributed by atoms with van der Waals surface area (Å²) in [5.74, 6) is -0.657. The molecule has 9 heteroatoms. The molecule has 0 aliphatic rings. The van der Waals surface area contributed by atoms with Crippen molar-refractivity contribution in [3.05, 3.63) is 108 Å². The van der Waals surface area contributed by atoms with Crippen LogP contribution in [0.2, 0.25) is 0 Å². The summed E-state index contributed by atoms with van der Waals surface area (Å²) in [7, 11) is 0. The van der Waals surface area contributed by atoms with Gasteiger partial charge in [-0.15, -0.1) is 0 Å². The molecule has 0 aliphatic carbocycles. The second kappa shape index (κ2) is 16.9. The van der Waals surface area contributed by atoms with Crippen LogP contribution in [0, 0.1) is 0 Å². The van der Waals surface area contributed by atoms with Crippen LogP contribution in [-0.2, 0) is 35.0 Å². The summed E-state index contributed by atoms with van der Waals surface area (Å²) in [6, 6.07) is 18.5. The fourth-order valence-electron chi connectivity index (χ4n) is 4.21. The predicted molar refractivity (Wildman–Crippen MR) is 175 cm³/mol.